The largest absolute Gasteiger partial charge is 0.348 e. The molecule has 0 saturated heterocycles. The van der Waals surface area contributed by atoms with Gasteiger partial charge in [-0.2, -0.15) is 4.80 Å². The number of aryl methyl sites for hydroxylation is 1. The van der Waals surface area contributed by atoms with Crippen LogP contribution in [0.2, 0.25) is 0 Å². The number of hydrogen-bond acceptors (Lipinski definition) is 4. The number of halogens is 2. The van der Waals surface area contributed by atoms with Crippen LogP contribution in [0.3, 0.4) is 0 Å². The first-order valence-electron chi connectivity index (χ1n) is 8.01. The molecule has 1 N–H and O–H groups in total. The van der Waals surface area contributed by atoms with Crippen molar-refractivity contribution in [3.05, 3.63) is 65.2 Å². The molecule has 0 saturated carbocycles. The Hall–Kier alpha value is -3.16. The van der Waals surface area contributed by atoms with Crippen LogP contribution in [0.4, 0.5) is 8.78 Å². The Balaban J connectivity index is 1.64. The van der Waals surface area contributed by atoms with E-state index >= 15 is 0 Å². The zero-order chi connectivity index (χ0) is 18.7. The van der Waals surface area contributed by atoms with Gasteiger partial charge >= 0.3 is 0 Å². The molecule has 0 aliphatic rings. The summed E-state index contributed by atoms with van der Waals surface area (Å²) < 4.78 is 26.7. The van der Waals surface area contributed by atoms with Crippen molar-refractivity contribution in [1.29, 1.82) is 0 Å². The van der Waals surface area contributed by atoms with Gasteiger partial charge in [0, 0.05) is 17.2 Å². The van der Waals surface area contributed by atoms with Crippen molar-refractivity contribution in [2.24, 2.45) is 0 Å². The molecular weight excluding hydrogens is 340 g/mol. The molecule has 134 valence electrons. The molecule has 26 heavy (non-hydrogen) atoms. The van der Waals surface area contributed by atoms with Crippen LogP contribution < -0.4 is 5.32 Å². The third-order valence-corrected chi connectivity index (χ3v) is 3.85. The molecule has 1 atom stereocenters. The lowest BCUT2D eigenvalue weighted by Gasteiger charge is -2.14. The molecule has 0 aliphatic carbocycles. The molecule has 1 aromatic heterocycles. The molecule has 1 amide bonds. The number of nitrogens with zero attached hydrogens (tertiary/aromatic N) is 4. The minimum Gasteiger partial charge on any atom is -0.348 e. The normalized spacial score (nSPS) is 12.0. The highest BCUT2D eigenvalue weighted by molar-refractivity contribution is 5.76. The smallest absolute Gasteiger partial charge is 0.244 e. The maximum absolute atomic E-state index is 13.8. The molecule has 3 aromatic rings. The molecule has 1 heterocycles. The van der Waals surface area contributed by atoms with Crippen molar-refractivity contribution in [2.45, 2.75) is 26.4 Å². The highest BCUT2D eigenvalue weighted by Gasteiger charge is 2.16. The van der Waals surface area contributed by atoms with Gasteiger partial charge in [-0.25, -0.2) is 8.78 Å². The highest BCUT2D eigenvalue weighted by atomic mass is 19.1. The topological polar surface area (TPSA) is 72.7 Å². The van der Waals surface area contributed by atoms with Gasteiger partial charge in [0.05, 0.1) is 6.04 Å². The van der Waals surface area contributed by atoms with Gasteiger partial charge in [-0.3, -0.25) is 4.79 Å². The van der Waals surface area contributed by atoms with E-state index in [1.807, 2.05) is 31.2 Å². The van der Waals surface area contributed by atoms with Crippen molar-refractivity contribution >= 4 is 5.91 Å². The van der Waals surface area contributed by atoms with Crippen molar-refractivity contribution in [1.82, 2.24) is 25.5 Å². The molecule has 3 rings (SSSR count). The molecule has 2 aromatic carbocycles. The molecule has 0 bridgehead atoms. The monoisotopic (exact) mass is 357 g/mol. The number of rotatable bonds is 5. The van der Waals surface area contributed by atoms with Gasteiger partial charge < -0.3 is 5.32 Å². The minimum atomic E-state index is -0.710. The van der Waals surface area contributed by atoms with Gasteiger partial charge in [-0.05, 0) is 25.1 Å². The number of benzene rings is 2. The Kier molecular flexibility index (Phi) is 5.01. The van der Waals surface area contributed by atoms with Crippen molar-refractivity contribution in [3.63, 3.8) is 0 Å². The quantitative estimate of drug-likeness (QED) is 0.762. The summed E-state index contributed by atoms with van der Waals surface area (Å²) in [5.41, 5.74) is 2.11. The summed E-state index contributed by atoms with van der Waals surface area (Å²) in [4.78, 5) is 13.3. The lowest BCUT2D eigenvalue weighted by molar-refractivity contribution is -0.122. The summed E-state index contributed by atoms with van der Waals surface area (Å²) in [6.07, 6.45) is 0. The summed E-state index contributed by atoms with van der Waals surface area (Å²) in [5.74, 6) is -1.37. The minimum absolute atomic E-state index is 0.161. The second-order valence-corrected chi connectivity index (χ2v) is 5.96. The standard InChI is InChI=1S/C18H17F2N5O/c1-11-3-5-13(6-4-11)18-22-24-25(23-18)10-17(26)21-12(2)15-8-7-14(19)9-16(15)20/h3-9,12H,10H2,1-2H3,(H,21,26)/t12-/m0/s1. The first kappa shape index (κ1) is 17.7. The molecule has 0 unspecified atom stereocenters. The second-order valence-electron chi connectivity index (χ2n) is 5.96. The van der Waals surface area contributed by atoms with Crippen LogP contribution in [0.5, 0.6) is 0 Å². The fourth-order valence-corrected chi connectivity index (χ4v) is 2.47. The maximum atomic E-state index is 13.8. The van der Waals surface area contributed by atoms with Gasteiger partial charge in [0.25, 0.3) is 0 Å². The number of hydrogen-bond donors (Lipinski definition) is 1. The molecule has 0 aliphatic heterocycles. The third-order valence-electron chi connectivity index (χ3n) is 3.85. The Morgan fingerprint density at radius 2 is 1.92 bits per heavy atom. The van der Waals surface area contributed by atoms with Crippen molar-refractivity contribution in [3.8, 4) is 11.4 Å². The lowest BCUT2D eigenvalue weighted by Crippen LogP contribution is -2.31. The van der Waals surface area contributed by atoms with Crippen LogP contribution in [0, 0.1) is 18.6 Å². The number of aromatic nitrogens is 4. The number of amides is 1. The van der Waals surface area contributed by atoms with E-state index in [0.29, 0.717) is 5.82 Å². The van der Waals surface area contributed by atoms with Crippen LogP contribution in [0.25, 0.3) is 11.4 Å². The SMILES string of the molecule is Cc1ccc(-c2nnn(CC(=O)N[C@@H](C)c3ccc(F)cc3F)n2)cc1. The third kappa shape index (κ3) is 4.08. The molecular formula is C18H17F2N5O. The van der Waals surface area contributed by atoms with E-state index in [1.165, 1.54) is 6.07 Å². The first-order chi connectivity index (χ1) is 12.4. The van der Waals surface area contributed by atoms with E-state index in [-0.39, 0.29) is 12.1 Å². The first-order valence-corrected chi connectivity index (χ1v) is 8.01. The maximum Gasteiger partial charge on any atom is 0.244 e. The van der Waals surface area contributed by atoms with Gasteiger partial charge in [0.2, 0.25) is 11.7 Å². The number of nitrogens with one attached hydrogen (secondary N) is 1. The predicted molar refractivity (Wildman–Crippen MR) is 90.9 cm³/mol. The number of carbonyl (C=O) groups excluding carboxylic acids is 1. The molecule has 0 fully saturated rings. The average Bonchev–Trinajstić information content (AvgIpc) is 3.03. The predicted octanol–water partition coefficient (Wildman–Crippen LogP) is 2.80. The van der Waals surface area contributed by atoms with Crippen molar-refractivity contribution < 1.29 is 13.6 Å². The van der Waals surface area contributed by atoms with Gasteiger partial charge in [-0.15, -0.1) is 10.2 Å². The second kappa shape index (κ2) is 7.38. The average molecular weight is 357 g/mol. The van der Waals surface area contributed by atoms with Crippen molar-refractivity contribution in [2.75, 3.05) is 0 Å². The fraction of sp³-hybridized carbons (Fsp3) is 0.222. The van der Waals surface area contributed by atoms with E-state index in [9.17, 15) is 13.6 Å². The Labute approximate surface area is 148 Å². The fourth-order valence-electron chi connectivity index (χ4n) is 2.47. The van der Waals surface area contributed by atoms with E-state index in [2.05, 4.69) is 20.7 Å². The molecule has 6 nitrogen and oxygen atoms in total. The molecule has 0 spiro atoms. The summed E-state index contributed by atoms with van der Waals surface area (Å²) in [6.45, 7) is 3.43. The Bertz CT molecular complexity index is 924. The Morgan fingerprint density at radius 1 is 1.19 bits per heavy atom. The summed E-state index contributed by atoms with van der Waals surface area (Å²) >= 11 is 0. The lowest BCUT2D eigenvalue weighted by atomic mass is 10.1. The molecule has 0 radical (unpaired) electrons. The highest BCUT2D eigenvalue weighted by Crippen LogP contribution is 2.18. The van der Waals surface area contributed by atoms with Gasteiger partial charge in [0.15, 0.2) is 0 Å². The number of carbonyl (C=O) groups is 1. The van der Waals surface area contributed by atoms with Crippen LogP contribution in [-0.4, -0.2) is 26.1 Å². The van der Waals surface area contributed by atoms with E-state index in [1.54, 1.807) is 6.92 Å². The zero-order valence-corrected chi connectivity index (χ0v) is 14.3. The van der Waals surface area contributed by atoms with Gasteiger partial charge in [-0.1, -0.05) is 35.9 Å². The van der Waals surface area contributed by atoms with Gasteiger partial charge in [0.1, 0.15) is 18.2 Å². The van der Waals surface area contributed by atoms with E-state index in [4.69, 9.17) is 0 Å². The zero-order valence-electron chi connectivity index (χ0n) is 14.3. The summed E-state index contributed by atoms with van der Waals surface area (Å²) in [7, 11) is 0. The van der Waals surface area contributed by atoms with Crippen LogP contribution in [0.15, 0.2) is 42.5 Å². The molecule has 8 heteroatoms. The summed E-state index contributed by atoms with van der Waals surface area (Å²) in [6, 6.07) is 10.2. The summed E-state index contributed by atoms with van der Waals surface area (Å²) in [5, 5.41) is 14.6. The van der Waals surface area contributed by atoms with Crippen LogP contribution >= 0.6 is 0 Å². The van der Waals surface area contributed by atoms with Crippen LogP contribution in [0.1, 0.15) is 24.1 Å². The van der Waals surface area contributed by atoms with Crippen LogP contribution in [-0.2, 0) is 11.3 Å². The van der Waals surface area contributed by atoms with E-state index < -0.39 is 23.6 Å². The Morgan fingerprint density at radius 3 is 2.62 bits per heavy atom. The van der Waals surface area contributed by atoms with E-state index in [0.717, 1.165) is 28.1 Å². The number of tetrazole rings is 1.